The second-order valence-electron chi connectivity index (χ2n) is 7.64. The molecule has 0 bridgehead atoms. The Morgan fingerprint density at radius 3 is 2.66 bits per heavy atom. The zero-order chi connectivity index (χ0) is 23.1. The number of sulfonamides is 1. The second kappa shape index (κ2) is 10.9. The number of likely N-dealkylation sites (tertiary alicyclic amines) is 1. The number of amides is 1. The number of benzene rings is 1. The first-order chi connectivity index (χ1) is 15.4. The first-order valence-electron chi connectivity index (χ1n) is 10.8. The van der Waals surface area contributed by atoms with Crippen molar-refractivity contribution in [2.24, 2.45) is 5.92 Å². The molecule has 1 aromatic rings. The van der Waals surface area contributed by atoms with E-state index in [0.717, 1.165) is 6.42 Å². The fraction of sp³-hybridized carbons (Fsp3) is 0.545. The average molecular weight is 467 g/mol. The quantitative estimate of drug-likeness (QED) is 0.444. The van der Waals surface area contributed by atoms with Gasteiger partial charge in [0.1, 0.15) is 10.6 Å². The average Bonchev–Trinajstić information content (AvgIpc) is 2.83. The maximum atomic E-state index is 13.1. The summed E-state index contributed by atoms with van der Waals surface area (Å²) in [6.45, 7) is 4.21. The molecule has 10 heteroatoms. The summed E-state index contributed by atoms with van der Waals surface area (Å²) in [5.41, 5.74) is 0.560. The van der Waals surface area contributed by atoms with Gasteiger partial charge in [0, 0.05) is 32.3 Å². The number of carbonyl (C=O) groups excluding carboxylic acids is 2. The predicted molar refractivity (Wildman–Crippen MR) is 118 cm³/mol. The van der Waals surface area contributed by atoms with Crippen molar-refractivity contribution in [3.63, 3.8) is 0 Å². The molecule has 2 aliphatic heterocycles. The van der Waals surface area contributed by atoms with Crippen LogP contribution < -0.4 is 4.74 Å². The Labute approximate surface area is 189 Å². The van der Waals surface area contributed by atoms with E-state index in [1.165, 1.54) is 23.6 Å². The van der Waals surface area contributed by atoms with Crippen LogP contribution in [0.1, 0.15) is 25.3 Å². The van der Waals surface area contributed by atoms with Gasteiger partial charge >= 0.3 is 5.97 Å². The van der Waals surface area contributed by atoms with Crippen LogP contribution in [-0.2, 0) is 29.1 Å². The van der Waals surface area contributed by atoms with E-state index < -0.39 is 10.0 Å². The number of morpholine rings is 1. The number of carbonyl (C=O) groups is 2. The zero-order valence-corrected chi connectivity index (χ0v) is 19.3. The molecule has 32 heavy (non-hydrogen) atoms. The van der Waals surface area contributed by atoms with Crippen LogP contribution in [0.25, 0.3) is 6.08 Å². The largest absolute Gasteiger partial charge is 0.495 e. The normalized spacial score (nSPS) is 20.3. The van der Waals surface area contributed by atoms with E-state index in [1.54, 1.807) is 30.0 Å². The lowest BCUT2D eigenvalue weighted by atomic mass is 9.98. The third-order valence-corrected chi connectivity index (χ3v) is 7.47. The van der Waals surface area contributed by atoms with Crippen LogP contribution in [0.15, 0.2) is 29.2 Å². The molecule has 2 heterocycles. The fourth-order valence-corrected chi connectivity index (χ4v) is 5.43. The van der Waals surface area contributed by atoms with Gasteiger partial charge in [-0.25, -0.2) is 8.42 Å². The molecule has 0 saturated carbocycles. The van der Waals surface area contributed by atoms with Gasteiger partial charge in [-0.15, -0.1) is 0 Å². The van der Waals surface area contributed by atoms with Gasteiger partial charge in [0.05, 0.1) is 32.8 Å². The van der Waals surface area contributed by atoms with Crippen LogP contribution in [0.2, 0.25) is 0 Å². The number of nitrogens with zero attached hydrogens (tertiary/aromatic N) is 2. The summed E-state index contributed by atoms with van der Waals surface area (Å²) in [7, 11) is -2.34. The Morgan fingerprint density at radius 2 is 1.97 bits per heavy atom. The summed E-state index contributed by atoms with van der Waals surface area (Å²) in [6, 6.07) is 4.78. The van der Waals surface area contributed by atoms with E-state index in [-0.39, 0.29) is 41.5 Å². The zero-order valence-electron chi connectivity index (χ0n) is 18.5. The number of hydrogen-bond acceptors (Lipinski definition) is 7. The predicted octanol–water partition coefficient (Wildman–Crippen LogP) is 1.53. The van der Waals surface area contributed by atoms with E-state index >= 15 is 0 Å². The summed E-state index contributed by atoms with van der Waals surface area (Å²) >= 11 is 0. The van der Waals surface area contributed by atoms with Crippen molar-refractivity contribution >= 4 is 28.0 Å². The highest BCUT2D eigenvalue weighted by molar-refractivity contribution is 7.89. The van der Waals surface area contributed by atoms with Crippen molar-refractivity contribution in [1.82, 2.24) is 9.21 Å². The Balaban J connectivity index is 1.75. The van der Waals surface area contributed by atoms with Crippen molar-refractivity contribution in [3.05, 3.63) is 29.8 Å². The first kappa shape index (κ1) is 24.2. The molecule has 1 amide bonds. The van der Waals surface area contributed by atoms with Gasteiger partial charge in [0.15, 0.2) is 0 Å². The van der Waals surface area contributed by atoms with Crippen LogP contribution >= 0.6 is 0 Å². The van der Waals surface area contributed by atoms with Crippen LogP contribution in [0.4, 0.5) is 0 Å². The maximum Gasteiger partial charge on any atom is 0.310 e. The molecular formula is C22H30N2O7S. The second-order valence-corrected chi connectivity index (χ2v) is 9.54. The summed E-state index contributed by atoms with van der Waals surface area (Å²) in [4.78, 5) is 26.4. The number of methoxy groups -OCH3 is 1. The summed E-state index contributed by atoms with van der Waals surface area (Å²) in [6.07, 6.45) is 4.41. The minimum absolute atomic E-state index is 0.0526. The van der Waals surface area contributed by atoms with Crippen molar-refractivity contribution < 1.29 is 32.2 Å². The molecule has 0 N–H and O–H groups in total. The number of esters is 1. The number of ether oxygens (including phenoxy) is 3. The number of hydrogen-bond donors (Lipinski definition) is 0. The van der Waals surface area contributed by atoms with Crippen LogP contribution in [0, 0.1) is 5.92 Å². The Bertz CT molecular complexity index is 955. The minimum atomic E-state index is -3.76. The third kappa shape index (κ3) is 5.67. The highest BCUT2D eigenvalue weighted by Gasteiger charge is 2.30. The molecule has 1 unspecified atom stereocenters. The molecular weight excluding hydrogens is 436 g/mol. The molecule has 3 rings (SSSR count). The molecule has 2 fully saturated rings. The van der Waals surface area contributed by atoms with E-state index in [1.807, 2.05) is 0 Å². The molecule has 0 spiro atoms. The topological polar surface area (TPSA) is 102 Å². The maximum absolute atomic E-state index is 13.1. The van der Waals surface area contributed by atoms with E-state index in [4.69, 9.17) is 14.2 Å². The third-order valence-electron chi connectivity index (χ3n) is 5.55. The lowest BCUT2D eigenvalue weighted by Crippen LogP contribution is -2.42. The van der Waals surface area contributed by atoms with Gasteiger partial charge in [-0.1, -0.05) is 6.07 Å². The molecule has 1 atom stereocenters. The Morgan fingerprint density at radius 1 is 1.22 bits per heavy atom. The lowest BCUT2D eigenvalue weighted by molar-refractivity contribution is -0.150. The molecule has 9 nitrogen and oxygen atoms in total. The van der Waals surface area contributed by atoms with Crippen LogP contribution in [0.5, 0.6) is 5.75 Å². The number of rotatable bonds is 7. The van der Waals surface area contributed by atoms with E-state index in [9.17, 15) is 18.0 Å². The van der Waals surface area contributed by atoms with Gasteiger partial charge in [0.2, 0.25) is 15.9 Å². The minimum Gasteiger partial charge on any atom is -0.495 e. The van der Waals surface area contributed by atoms with Crippen LogP contribution in [-0.4, -0.2) is 82.6 Å². The van der Waals surface area contributed by atoms with E-state index in [0.29, 0.717) is 44.9 Å². The van der Waals surface area contributed by atoms with Gasteiger partial charge < -0.3 is 19.1 Å². The lowest BCUT2D eigenvalue weighted by Gasteiger charge is -2.30. The number of piperidine rings is 1. The highest BCUT2D eigenvalue weighted by atomic mass is 32.2. The van der Waals surface area contributed by atoms with Gasteiger partial charge in [0.25, 0.3) is 0 Å². The summed E-state index contributed by atoms with van der Waals surface area (Å²) in [5.74, 6) is -0.574. The molecule has 0 aliphatic carbocycles. The summed E-state index contributed by atoms with van der Waals surface area (Å²) < 4.78 is 43.2. The van der Waals surface area contributed by atoms with Gasteiger partial charge in [-0.05, 0) is 43.5 Å². The monoisotopic (exact) mass is 466 g/mol. The fourth-order valence-electron chi connectivity index (χ4n) is 3.83. The standard InChI is InChI=1S/C22H30N2O7S/c1-3-31-22(26)18-5-4-10-23(16-18)21(25)9-7-17-6-8-19(29-2)20(15-17)32(27,28)24-11-13-30-14-12-24/h6-9,15,18H,3-5,10-14,16H2,1-2H3/b9-7+. The van der Waals surface area contributed by atoms with Gasteiger partial charge in [-0.3, -0.25) is 9.59 Å². The van der Waals surface area contributed by atoms with E-state index in [2.05, 4.69) is 0 Å². The SMILES string of the molecule is CCOC(=O)C1CCCN(C(=O)/C=C/c2ccc(OC)c(S(=O)(=O)N3CCOCC3)c2)C1. The smallest absolute Gasteiger partial charge is 0.310 e. The highest BCUT2D eigenvalue weighted by Crippen LogP contribution is 2.29. The summed E-state index contributed by atoms with van der Waals surface area (Å²) in [5, 5.41) is 0. The van der Waals surface area contributed by atoms with Crippen LogP contribution in [0.3, 0.4) is 0 Å². The molecule has 1 aromatic carbocycles. The molecule has 0 radical (unpaired) electrons. The Hall–Kier alpha value is -2.43. The molecule has 176 valence electrons. The van der Waals surface area contributed by atoms with Crippen molar-refractivity contribution in [3.8, 4) is 5.75 Å². The van der Waals surface area contributed by atoms with Crippen molar-refractivity contribution in [1.29, 1.82) is 0 Å². The molecule has 2 saturated heterocycles. The first-order valence-corrected chi connectivity index (χ1v) is 12.2. The molecule has 0 aromatic heterocycles. The van der Waals surface area contributed by atoms with Gasteiger partial charge in [-0.2, -0.15) is 4.31 Å². The Kier molecular flexibility index (Phi) is 8.27. The van der Waals surface area contributed by atoms with Crippen molar-refractivity contribution in [2.75, 3.05) is 53.1 Å². The molecule has 2 aliphatic rings. The van der Waals surface area contributed by atoms with Crippen molar-refractivity contribution in [2.45, 2.75) is 24.7 Å².